The fourth-order valence-electron chi connectivity index (χ4n) is 2.05. The maximum atomic E-state index is 13.1. The van der Waals surface area contributed by atoms with Gasteiger partial charge in [0.2, 0.25) is 5.82 Å². The SMILES string of the molecule is CC(F)(F)c1noc(COC(=O)c2sccc2NC(=O)c2ccc(Br)cc2)n1. The van der Waals surface area contributed by atoms with Gasteiger partial charge in [0.05, 0.1) is 5.69 Å². The quantitative estimate of drug-likeness (QED) is 0.527. The number of halogens is 3. The maximum Gasteiger partial charge on any atom is 0.350 e. The first-order chi connectivity index (χ1) is 13.2. The molecule has 0 aliphatic carbocycles. The van der Waals surface area contributed by atoms with Gasteiger partial charge in [-0.1, -0.05) is 21.1 Å². The molecule has 3 aromatic rings. The van der Waals surface area contributed by atoms with E-state index >= 15 is 0 Å². The van der Waals surface area contributed by atoms with Crippen molar-refractivity contribution in [2.24, 2.45) is 0 Å². The molecule has 1 aromatic carbocycles. The molecule has 0 aliphatic heterocycles. The van der Waals surface area contributed by atoms with E-state index in [1.807, 2.05) is 0 Å². The Morgan fingerprint density at radius 2 is 2.00 bits per heavy atom. The van der Waals surface area contributed by atoms with Gasteiger partial charge < -0.3 is 14.6 Å². The number of hydrogen-bond donors (Lipinski definition) is 1. The molecular weight excluding hydrogens is 460 g/mol. The lowest BCUT2D eigenvalue weighted by Crippen LogP contribution is -2.14. The average molecular weight is 472 g/mol. The van der Waals surface area contributed by atoms with E-state index in [-0.39, 0.29) is 16.5 Å². The number of thiophene rings is 1. The number of nitrogens with one attached hydrogen (secondary N) is 1. The summed E-state index contributed by atoms with van der Waals surface area (Å²) in [6.07, 6.45) is 0. The summed E-state index contributed by atoms with van der Waals surface area (Å²) in [4.78, 5) is 28.2. The van der Waals surface area contributed by atoms with Crippen LogP contribution in [-0.4, -0.2) is 22.0 Å². The third-order valence-corrected chi connectivity index (χ3v) is 4.82. The van der Waals surface area contributed by atoms with E-state index in [2.05, 4.69) is 35.9 Å². The fourth-order valence-corrected chi connectivity index (χ4v) is 3.05. The number of rotatable bonds is 6. The van der Waals surface area contributed by atoms with Gasteiger partial charge in [-0.2, -0.15) is 13.8 Å². The summed E-state index contributed by atoms with van der Waals surface area (Å²) in [6.45, 7) is 0.152. The molecular formula is C17H12BrF2N3O4S. The molecule has 1 N–H and O–H groups in total. The van der Waals surface area contributed by atoms with E-state index in [4.69, 9.17) is 4.74 Å². The van der Waals surface area contributed by atoms with Crippen LogP contribution in [0.25, 0.3) is 0 Å². The average Bonchev–Trinajstić information content (AvgIpc) is 3.29. The van der Waals surface area contributed by atoms with E-state index in [9.17, 15) is 18.4 Å². The van der Waals surface area contributed by atoms with Crippen LogP contribution in [-0.2, 0) is 17.3 Å². The van der Waals surface area contributed by atoms with Gasteiger partial charge in [0.15, 0.2) is 6.61 Å². The molecule has 0 bridgehead atoms. The number of aromatic nitrogens is 2. The van der Waals surface area contributed by atoms with Crippen LogP contribution in [0.5, 0.6) is 0 Å². The number of carbonyl (C=O) groups excluding carboxylic acids is 2. The van der Waals surface area contributed by atoms with Crippen molar-refractivity contribution in [3.05, 3.63) is 62.3 Å². The van der Waals surface area contributed by atoms with Gasteiger partial charge in [-0.3, -0.25) is 4.79 Å². The molecule has 2 heterocycles. The van der Waals surface area contributed by atoms with Crippen LogP contribution in [0.3, 0.4) is 0 Å². The highest BCUT2D eigenvalue weighted by atomic mass is 79.9. The second kappa shape index (κ2) is 8.15. The van der Waals surface area contributed by atoms with Gasteiger partial charge in [0.1, 0.15) is 4.88 Å². The summed E-state index contributed by atoms with van der Waals surface area (Å²) in [6, 6.07) is 8.24. The Bertz CT molecular complexity index is 999. The smallest absolute Gasteiger partial charge is 0.350 e. The highest BCUT2D eigenvalue weighted by Crippen LogP contribution is 2.26. The molecule has 1 amide bonds. The number of benzene rings is 1. The van der Waals surface area contributed by atoms with Crippen molar-refractivity contribution in [3.8, 4) is 0 Å². The minimum absolute atomic E-state index is 0.144. The topological polar surface area (TPSA) is 94.3 Å². The third-order valence-electron chi connectivity index (χ3n) is 3.39. The lowest BCUT2D eigenvalue weighted by Gasteiger charge is -2.06. The number of carbonyl (C=O) groups is 2. The van der Waals surface area contributed by atoms with Crippen LogP contribution in [0, 0.1) is 0 Å². The third kappa shape index (κ3) is 4.78. The molecule has 146 valence electrons. The van der Waals surface area contributed by atoms with E-state index in [1.54, 1.807) is 35.7 Å². The Morgan fingerprint density at radius 1 is 1.29 bits per heavy atom. The van der Waals surface area contributed by atoms with Crippen molar-refractivity contribution < 1.29 is 27.6 Å². The van der Waals surface area contributed by atoms with Crippen molar-refractivity contribution in [2.75, 3.05) is 5.32 Å². The molecule has 3 rings (SSSR count). The second-order valence-electron chi connectivity index (χ2n) is 5.60. The molecule has 0 atom stereocenters. The molecule has 28 heavy (non-hydrogen) atoms. The number of esters is 1. The fraction of sp³-hybridized carbons (Fsp3) is 0.176. The number of hydrogen-bond acceptors (Lipinski definition) is 7. The summed E-state index contributed by atoms with van der Waals surface area (Å²) >= 11 is 4.34. The number of alkyl halides is 2. The van der Waals surface area contributed by atoms with Gasteiger partial charge in [-0.25, -0.2) is 4.79 Å². The van der Waals surface area contributed by atoms with Gasteiger partial charge in [0.25, 0.3) is 11.8 Å². The first-order valence-electron chi connectivity index (χ1n) is 7.76. The van der Waals surface area contributed by atoms with Crippen molar-refractivity contribution in [1.29, 1.82) is 0 Å². The monoisotopic (exact) mass is 471 g/mol. The minimum Gasteiger partial charge on any atom is -0.451 e. The summed E-state index contributed by atoms with van der Waals surface area (Å²) in [5.41, 5.74) is 0.682. The zero-order valence-electron chi connectivity index (χ0n) is 14.2. The summed E-state index contributed by atoms with van der Waals surface area (Å²) in [5, 5.41) is 7.38. The predicted octanol–water partition coefficient (Wildman–Crippen LogP) is 4.61. The van der Waals surface area contributed by atoms with Gasteiger partial charge >= 0.3 is 11.9 Å². The van der Waals surface area contributed by atoms with Crippen LogP contribution < -0.4 is 5.32 Å². The zero-order chi connectivity index (χ0) is 20.3. The van der Waals surface area contributed by atoms with Crippen LogP contribution in [0.4, 0.5) is 14.5 Å². The standard InChI is InChI=1S/C17H12BrF2N3O4S/c1-17(19,20)16-22-12(27-23-16)8-26-15(25)13-11(6-7-28-13)21-14(24)9-2-4-10(18)5-3-9/h2-7H,8H2,1H3,(H,21,24). The van der Waals surface area contributed by atoms with Crippen molar-refractivity contribution in [1.82, 2.24) is 10.1 Å². The van der Waals surface area contributed by atoms with E-state index in [0.29, 0.717) is 12.5 Å². The van der Waals surface area contributed by atoms with Crippen LogP contribution in [0.1, 0.15) is 38.7 Å². The molecule has 0 aliphatic rings. The van der Waals surface area contributed by atoms with Crippen molar-refractivity contribution in [2.45, 2.75) is 19.5 Å². The van der Waals surface area contributed by atoms with Crippen molar-refractivity contribution >= 4 is 44.8 Å². The maximum absolute atomic E-state index is 13.1. The number of anilines is 1. The molecule has 0 saturated heterocycles. The van der Waals surface area contributed by atoms with Crippen LogP contribution in [0.2, 0.25) is 0 Å². The Hall–Kier alpha value is -2.66. The first kappa shape index (κ1) is 20.1. The molecule has 11 heteroatoms. The van der Waals surface area contributed by atoms with Crippen molar-refractivity contribution in [3.63, 3.8) is 0 Å². The number of amides is 1. The molecule has 0 spiro atoms. The second-order valence-corrected chi connectivity index (χ2v) is 7.43. The first-order valence-corrected chi connectivity index (χ1v) is 9.43. The predicted molar refractivity (Wildman–Crippen MR) is 99.4 cm³/mol. The summed E-state index contributed by atoms with van der Waals surface area (Å²) < 4.78 is 36.7. The summed E-state index contributed by atoms with van der Waals surface area (Å²) in [7, 11) is 0. The number of nitrogens with zero attached hydrogens (tertiary/aromatic N) is 2. The summed E-state index contributed by atoms with van der Waals surface area (Å²) in [5.74, 6) is -5.47. The van der Waals surface area contributed by atoms with Gasteiger partial charge in [0, 0.05) is 17.0 Å². The normalized spacial score (nSPS) is 11.3. The Labute approximate surface area is 169 Å². The number of ether oxygens (including phenoxy) is 1. The Morgan fingerprint density at radius 3 is 2.64 bits per heavy atom. The highest BCUT2D eigenvalue weighted by molar-refractivity contribution is 9.10. The molecule has 0 fully saturated rings. The molecule has 0 radical (unpaired) electrons. The van der Waals surface area contributed by atoms with Gasteiger partial charge in [-0.15, -0.1) is 11.3 Å². The minimum atomic E-state index is -3.26. The molecule has 0 unspecified atom stereocenters. The lowest BCUT2D eigenvalue weighted by atomic mass is 10.2. The molecule has 0 saturated carbocycles. The van der Waals surface area contributed by atoms with E-state index < -0.39 is 30.2 Å². The van der Waals surface area contributed by atoms with Crippen LogP contribution >= 0.6 is 27.3 Å². The lowest BCUT2D eigenvalue weighted by molar-refractivity contribution is 0.00556. The highest BCUT2D eigenvalue weighted by Gasteiger charge is 2.31. The Kier molecular flexibility index (Phi) is 5.84. The molecule has 7 nitrogen and oxygen atoms in total. The largest absolute Gasteiger partial charge is 0.451 e. The molecule has 2 aromatic heterocycles. The zero-order valence-corrected chi connectivity index (χ0v) is 16.6. The van der Waals surface area contributed by atoms with E-state index in [0.717, 1.165) is 15.8 Å². The van der Waals surface area contributed by atoms with E-state index in [1.165, 1.54) is 0 Å². The Balaban J connectivity index is 1.64. The van der Waals surface area contributed by atoms with Gasteiger partial charge in [-0.05, 0) is 35.7 Å². The van der Waals surface area contributed by atoms with Crippen LogP contribution in [0.15, 0.2) is 44.7 Å².